The minimum absolute atomic E-state index is 0.0277. The van der Waals surface area contributed by atoms with Gasteiger partial charge in [-0.2, -0.15) is 0 Å². The Kier molecular flexibility index (Phi) is 3.98. The van der Waals surface area contributed by atoms with Crippen LogP contribution in [0.3, 0.4) is 0 Å². The molecule has 1 aromatic carbocycles. The first-order chi connectivity index (χ1) is 12.1. The number of carbonyl (C=O) groups excluding carboxylic acids is 3. The van der Waals surface area contributed by atoms with Crippen molar-refractivity contribution in [1.82, 2.24) is 0 Å². The lowest BCUT2D eigenvalue weighted by Gasteiger charge is -2.23. The Balaban J connectivity index is 1.42. The second-order valence-electron chi connectivity index (χ2n) is 7.12. The number of ether oxygens (including phenoxy) is 2. The molecule has 3 fully saturated rings. The van der Waals surface area contributed by atoms with E-state index >= 15 is 0 Å². The first-order valence-electron chi connectivity index (χ1n) is 8.87. The first kappa shape index (κ1) is 16.1. The summed E-state index contributed by atoms with van der Waals surface area (Å²) in [4.78, 5) is 36.5. The van der Waals surface area contributed by atoms with Crippen LogP contribution in [-0.2, 0) is 19.1 Å². The van der Waals surface area contributed by atoms with Gasteiger partial charge in [-0.05, 0) is 49.4 Å². The second kappa shape index (κ2) is 6.17. The average molecular weight is 343 g/mol. The van der Waals surface area contributed by atoms with E-state index in [1.54, 1.807) is 24.3 Å². The van der Waals surface area contributed by atoms with E-state index < -0.39 is 0 Å². The van der Waals surface area contributed by atoms with Gasteiger partial charge in [0.25, 0.3) is 0 Å². The number of anilines is 1. The van der Waals surface area contributed by atoms with Crippen LogP contribution in [0.4, 0.5) is 5.69 Å². The lowest BCUT2D eigenvalue weighted by atomic mass is 9.79. The predicted octanol–water partition coefficient (Wildman–Crippen LogP) is 2.39. The highest BCUT2D eigenvalue weighted by Gasteiger charge is 2.63. The number of esters is 2. The standard InChI is InChI=1S/C19H21NO5/c1-2-7-24-18(22)10-3-5-12(6-4-10)20-17(21)15-11-8-13-14(9-11)25-19(23)16(13)15/h3-6,11,13-16H,2,7-9H2,1H3,(H,20,21)/t11-,13+,14-,15-,16-/m1/s1. The largest absolute Gasteiger partial charge is 0.462 e. The molecule has 5 atom stereocenters. The second-order valence-corrected chi connectivity index (χ2v) is 7.12. The summed E-state index contributed by atoms with van der Waals surface area (Å²) in [6, 6.07) is 6.63. The fraction of sp³-hybridized carbons (Fsp3) is 0.526. The molecule has 0 radical (unpaired) electrons. The van der Waals surface area contributed by atoms with E-state index in [2.05, 4.69) is 5.32 Å². The first-order valence-corrected chi connectivity index (χ1v) is 8.87. The Bertz CT molecular complexity index is 711. The molecular weight excluding hydrogens is 322 g/mol. The van der Waals surface area contributed by atoms with Gasteiger partial charge in [-0.15, -0.1) is 0 Å². The van der Waals surface area contributed by atoms with Crippen molar-refractivity contribution >= 4 is 23.5 Å². The SMILES string of the molecule is CCCOC(=O)c1ccc(NC(=O)[C@@H]2[C@@H]3C[C@@H]4[C@H]2C(=O)O[C@@H]4C3)cc1. The highest BCUT2D eigenvalue weighted by Crippen LogP contribution is 2.57. The Hall–Kier alpha value is -2.37. The minimum Gasteiger partial charge on any atom is -0.462 e. The summed E-state index contributed by atoms with van der Waals surface area (Å²) < 4.78 is 10.5. The number of amides is 1. The Labute approximate surface area is 145 Å². The maximum Gasteiger partial charge on any atom is 0.338 e. The zero-order valence-electron chi connectivity index (χ0n) is 14.1. The monoisotopic (exact) mass is 343 g/mol. The van der Waals surface area contributed by atoms with Crippen LogP contribution >= 0.6 is 0 Å². The van der Waals surface area contributed by atoms with E-state index in [9.17, 15) is 14.4 Å². The van der Waals surface area contributed by atoms with Crippen molar-refractivity contribution < 1.29 is 23.9 Å². The van der Waals surface area contributed by atoms with E-state index in [1.807, 2.05) is 6.92 Å². The third-order valence-electron chi connectivity index (χ3n) is 5.61. The molecule has 1 aliphatic heterocycles. The van der Waals surface area contributed by atoms with Crippen LogP contribution in [0.15, 0.2) is 24.3 Å². The Morgan fingerprint density at radius 1 is 1.24 bits per heavy atom. The Morgan fingerprint density at radius 3 is 2.72 bits per heavy atom. The topological polar surface area (TPSA) is 81.7 Å². The molecule has 6 nitrogen and oxygen atoms in total. The molecule has 1 aromatic rings. The molecule has 3 aliphatic rings. The number of hydrogen-bond acceptors (Lipinski definition) is 5. The zero-order chi connectivity index (χ0) is 17.6. The van der Waals surface area contributed by atoms with E-state index in [0.717, 1.165) is 19.3 Å². The number of hydrogen-bond donors (Lipinski definition) is 1. The van der Waals surface area contributed by atoms with E-state index in [0.29, 0.717) is 17.9 Å². The van der Waals surface area contributed by atoms with Crippen LogP contribution in [0.25, 0.3) is 0 Å². The predicted molar refractivity (Wildman–Crippen MR) is 88.7 cm³/mol. The normalized spacial score (nSPS) is 31.7. The van der Waals surface area contributed by atoms with Crippen molar-refractivity contribution in [3.8, 4) is 0 Å². The molecule has 6 heteroatoms. The van der Waals surface area contributed by atoms with Crippen molar-refractivity contribution in [2.24, 2.45) is 23.7 Å². The minimum atomic E-state index is -0.368. The van der Waals surface area contributed by atoms with Crippen molar-refractivity contribution in [2.75, 3.05) is 11.9 Å². The van der Waals surface area contributed by atoms with Crippen LogP contribution in [-0.4, -0.2) is 30.6 Å². The molecular formula is C19H21NO5. The van der Waals surface area contributed by atoms with Gasteiger partial charge in [-0.25, -0.2) is 4.79 Å². The molecule has 0 aromatic heterocycles. The average Bonchev–Trinajstić information content (AvgIpc) is 3.22. The number of rotatable bonds is 5. The maximum absolute atomic E-state index is 12.7. The summed E-state index contributed by atoms with van der Waals surface area (Å²) in [5.74, 6) is -0.857. The van der Waals surface area contributed by atoms with Gasteiger partial charge >= 0.3 is 11.9 Å². The summed E-state index contributed by atoms with van der Waals surface area (Å²) in [6.45, 7) is 2.32. The fourth-order valence-electron chi connectivity index (χ4n) is 4.56. The molecule has 1 N–H and O–H groups in total. The number of nitrogens with one attached hydrogen (secondary N) is 1. The van der Waals surface area contributed by atoms with Gasteiger partial charge in [0.05, 0.1) is 24.0 Å². The molecule has 1 saturated heterocycles. The number of carbonyl (C=O) groups is 3. The smallest absolute Gasteiger partial charge is 0.338 e. The van der Waals surface area contributed by atoms with Gasteiger partial charge in [-0.3, -0.25) is 9.59 Å². The van der Waals surface area contributed by atoms with Crippen molar-refractivity contribution in [2.45, 2.75) is 32.3 Å². The fourth-order valence-corrected chi connectivity index (χ4v) is 4.56. The molecule has 1 amide bonds. The summed E-state index contributed by atoms with van der Waals surface area (Å²) >= 11 is 0. The molecule has 2 bridgehead atoms. The van der Waals surface area contributed by atoms with Crippen LogP contribution in [0.5, 0.6) is 0 Å². The van der Waals surface area contributed by atoms with E-state index in [1.165, 1.54) is 0 Å². The summed E-state index contributed by atoms with van der Waals surface area (Å²) in [7, 11) is 0. The van der Waals surface area contributed by atoms with E-state index in [4.69, 9.17) is 9.47 Å². The van der Waals surface area contributed by atoms with Gasteiger partial charge in [-0.1, -0.05) is 6.92 Å². The molecule has 4 rings (SSSR count). The molecule has 2 saturated carbocycles. The molecule has 0 unspecified atom stereocenters. The third-order valence-corrected chi connectivity index (χ3v) is 5.61. The van der Waals surface area contributed by atoms with Crippen molar-refractivity contribution in [3.63, 3.8) is 0 Å². The van der Waals surface area contributed by atoms with Crippen molar-refractivity contribution in [3.05, 3.63) is 29.8 Å². The molecule has 132 valence electrons. The van der Waals surface area contributed by atoms with Gasteiger partial charge < -0.3 is 14.8 Å². The molecule has 1 heterocycles. The highest BCUT2D eigenvalue weighted by atomic mass is 16.6. The summed E-state index contributed by atoms with van der Waals surface area (Å²) in [5.41, 5.74) is 1.07. The lowest BCUT2D eigenvalue weighted by molar-refractivity contribution is -0.145. The van der Waals surface area contributed by atoms with Crippen LogP contribution < -0.4 is 5.32 Å². The molecule has 2 aliphatic carbocycles. The van der Waals surface area contributed by atoms with Gasteiger partial charge in [0, 0.05) is 11.6 Å². The van der Waals surface area contributed by atoms with Crippen LogP contribution in [0.1, 0.15) is 36.5 Å². The quantitative estimate of drug-likeness (QED) is 0.830. The van der Waals surface area contributed by atoms with Gasteiger partial charge in [0.1, 0.15) is 6.10 Å². The van der Waals surface area contributed by atoms with Crippen LogP contribution in [0.2, 0.25) is 0 Å². The lowest BCUT2D eigenvalue weighted by Crippen LogP contribution is -2.35. The summed E-state index contributed by atoms with van der Waals surface area (Å²) in [6.07, 6.45) is 2.50. The number of fused-ring (bicyclic) bond motifs is 1. The third kappa shape index (κ3) is 2.69. The molecule has 0 spiro atoms. The van der Waals surface area contributed by atoms with Gasteiger partial charge in [0.2, 0.25) is 5.91 Å². The maximum atomic E-state index is 12.7. The van der Waals surface area contributed by atoms with Crippen molar-refractivity contribution in [1.29, 1.82) is 0 Å². The summed E-state index contributed by atoms with van der Waals surface area (Å²) in [5, 5.41) is 2.88. The van der Waals surface area contributed by atoms with Crippen LogP contribution in [0, 0.1) is 23.7 Å². The van der Waals surface area contributed by atoms with E-state index in [-0.39, 0.29) is 47.6 Å². The number of benzene rings is 1. The zero-order valence-corrected chi connectivity index (χ0v) is 14.1. The molecule has 25 heavy (non-hydrogen) atoms. The van der Waals surface area contributed by atoms with Gasteiger partial charge in [0.15, 0.2) is 0 Å². The Morgan fingerprint density at radius 2 is 2.00 bits per heavy atom. The highest BCUT2D eigenvalue weighted by molar-refractivity contribution is 5.97.